The molecule has 58 valence electrons. The van der Waals surface area contributed by atoms with Gasteiger partial charge in [-0.3, -0.25) is 0 Å². The second-order valence-electron chi connectivity index (χ2n) is 4.39. The van der Waals surface area contributed by atoms with Gasteiger partial charge < -0.3 is 4.90 Å². The summed E-state index contributed by atoms with van der Waals surface area (Å²) in [5.41, 5.74) is 0.679. The van der Waals surface area contributed by atoms with Crippen molar-refractivity contribution in [3.05, 3.63) is 0 Å². The standard InChI is InChI=1S/C9H17N/c1-8-6-10-5-3-4-9(8,2)7-10/h8H,3-7H2,1-2H3/t8?,9-/m0/s1. The van der Waals surface area contributed by atoms with E-state index in [1.807, 2.05) is 0 Å². The molecule has 2 aliphatic heterocycles. The Labute approximate surface area is 63.4 Å². The van der Waals surface area contributed by atoms with Crippen LogP contribution in [0.4, 0.5) is 0 Å². The third-order valence-corrected chi connectivity index (χ3v) is 3.53. The Kier molecular flexibility index (Phi) is 1.31. The fourth-order valence-corrected chi connectivity index (χ4v) is 2.54. The lowest BCUT2D eigenvalue weighted by molar-refractivity contribution is 0.181. The third kappa shape index (κ3) is 0.800. The summed E-state index contributed by atoms with van der Waals surface area (Å²) in [4.78, 5) is 2.62. The van der Waals surface area contributed by atoms with Crippen LogP contribution in [0.15, 0.2) is 0 Å². The van der Waals surface area contributed by atoms with E-state index in [-0.39, 0.29) is 0 Å². The van der Waals surface area contributed by atoms with E-state index in [4.69, 9.17) is 0 Å². The van der Waals surface area contributed by atoms with Crippen molar-refractivity contribution in [1.82, 2.24) is 4.90 Å². The molecular formula is C9H17N. The number of fused-ring (bicyclic) bond motifs is 2. The fraction of sp³-hybridized carbons (Fsp3) is 1.00. The highest BCUT2D eigenvalue weighted by molar-refractivity contribution is 4.94. The van der Waals surface area contributed by atoms with Crippen LogP contribution in [0.3, 0.4) is 0 Å². The number of hydrogen-bond donors (Lipinski definition) is 0. The van der Waals surface area contributed by atoms with E-state index in [0.29, 0.717) is 5.41 Å². The second kappa shape index (κ2) is 1.97. The molecular weight excluding hydrogens is 122 g/mol. The van der Waals surface area contributed by atoms with Crippen molar-refractivity contribution in [3.8, 4) is 0 Å². The minimum Gasteiger partial charge on any atom is -0.302 e. The van der Waals surface area contributed by atoms with Crippen molar-refractivity contribution in [2.24, 2.45) is 11.3 Å². The second-order valence-corrected chi connectivity index (χ2v) is 4.39. The first kappa shape index (κ1) is 6.66. The summed E-state index contributed by atoms with van der Waals surface area (Å²) in [6, 6.07) is 0. The molecule has 2 fully saturated rings. The molecule has 3 atom stereocenters. The van der Waals surface area contributed by atoms with Crippen LogP contribution in [-0.2, 0) is 0 Å². The van der Waals surface area contributed by atoms with Crippen LogP contribution >= 0.6 is 0 Å². The molecule has 1 heteroatoms. The van der Waals surface area contributed by atoms with Crippen LogP contribution in [0.5, 0.6) is 0 Å². The van der Waals surface area contributed by atoms with Gasteiger partial charge in [0.25, 0.3) is 0 Å². The van der Waals surface area contributed by atoms with Crippen LogP contribution in [-0.4, -0.2) is 24.5 Å². The lowest BCUT2D eigenvalue weighted by Gasteiger charge is -2.32. The molecule has 1 nitrogen and oxygen atoms in total. The van der Waals surface area contributed by atoms with E-state index in [1.54, 1.807) is 0 Å². The molecule has 0 aromatic heterocycles. The molecule has 0 radical (unpaired) electrons. The van der Waals surface area contributed by atoms with Gasteiger partial charge in [-0.05, 0) is 30.7 Å². The molecule has 2 unspecified atom stereocenters. The van der Waals surface area contributed by atoms with Crippen molar-refractivity contribution in [2.75, 3.05) is 19.6 Å². The Morgan fingerprint density at radius 1 is 1.50 bits per heavy atom. The van der Waals surface area contributed by atoms with Crippen molar-refractivity contribution in [3.63, 3.8) is 0 Å². The number of hydrogen-bond acceptors (Lipinski definition) is 1. The molecule has 0 N–H and O–H groups in total. The van der Waals surface area contributed by atoms with Gasteiger partial charge in [-0.25, -0.2) is 0 Å². The Hall–Kier alpha value is -0.0400. The highest BCUT2D eigenvalue weighted by Crippen LogP contribution is 2.42. The molecule has 0 amide bonds. The molecule has 2 heterocycles. The van der Waals surface area contributed by atoms with E-state index >= 15 is 0 Å². The summed E-state index contributed by atoms with van der Waals surface area (Å²) < 4.78 is 0. The van der Waals surface area contributed by atoms with Crippen LogP contribution in [0, 0.1) is 11.3 Å². The maximum absolute atomic E-state index is 2.62. The molecule has 2 aliphatic rings. The van der Waals surface area contributed by atoms with E-state index < -0.39 is 0 Å². The first-order valence-corrected chi connectivity index (χ1v) is 4.43. The summed E-state index contributed by atoms with van der Waals surface area (Å²) in [6.45, 7) is 8.95. The van der Waals surface area contributed by atoms with Gasteiger partial charge in [-0.2, -0.15) is 0 Å². The zero-order valence-electron chi connectivity index (χ0n) is 7.06. The van der Waals surface area contributed by atoms with Crippen molar-refractivity contribution >= 4 is 0 Å². The molecule has 0 aromatic carbocycles. The summed E-state index contributed by atoms with van der Waals surface area (Å²) in [6.07, 6.45) is 2.89. The van der Waals surface area contributed by atoms with Gasteiger partial charge in [0.2, 0.25) is 0 Å². The minimum absolute atomic E-state index is 0.679. The van der Waals surface area contributed by atoms with Crippen molar-refractivity contribution in [1.29, 1.82) is 0 Å². The predicted molar refractivity (Wildman–Crippen MR) is 42.9 cm³/mol. The van der Waals surface area contributed by atoms with E-state index in [1.165, 1.54) is 32.5 Å². The number of piperidine rings is 1. The number of nitrogens with zero attached hydrogens (tertiary/aromatic N) is 1. The quantitative estimate of drug-likeness (QED) is 0.494. The maximum Gasteiger partial charge on any atom is 0.00385 e. The summed E-state index contributed by atoms with van der Waals surface area (Å²) in [7, 11) is 0. The van der Waals surface area contributed by atoms with Crippen LogP contribution < -0.4 is 0 Å². The smallest absolute Gasteiger partial charge is 0.00385 e. The van der Waals surface area contributed by atoms with Crippen molar-refractivity contribution < 1.29 is 0 Å². The van der Waals surface area contributed by atoms with Gasteiger partial charge in [0.15, 0.2) is 0 Å². The van der Waals surface area contributed by atoms with Crippen LogP contribution in [0.1, 0.15) is 26.7 Å². The average Bonchev–Trinajstić information content (AvgIpc) is 2.04. The van der Waals surface area contributed by atoms with Crippen molar-refractivity contribution in [2.45, 2.75) is 26.7 Å². The molecule has 2 rings (SSSR count). The monoisotopic (exact) mass is 139 g/mol. The number of rotatable bonds is 0. The molecule has 0 aliphatic carbocycles. The highest BCUT2D eigenvalue weighted by atomic mass is 15.2. The Morgan fingerprint density at radius 3 is 2.90 bits per heavy atom. The average molecular weight is 139 g/mol. The van der Waals surface area contributed by atoms with Gasteiger partial charge in [0, 0.05) is 13.1 Å². The summed E-state index contributed by atoms with van der Waals surface area (Å²) in [5.74, 6) is 0.940. The zero-order chi connectivity index (χ0) is 7.19. The molecule has 2 bridgehead atoms. The van der Waals surface area contributed by atoms with E-state index in [9.17, 15) is 0 Å². The highest BCUT2D eigenvalue weighted by Gasteiger charge is 2.42. The maximum atomic E-state index is 2.62. The van der Waals surface area contributed by atoms with Crippen LogP contribution in [0.25, 0.3) is 0 Å². The lowest BCUT2D eigenvalue weighted by atomic mass is 9.77. The predicted octanol–water partition coefficient (Wildman–Crippen LogP) is 1.74. The molecule has 0 saturated carbocycles. The Morgan fingerprint density at radius 2 is 2.30 bits per heavy atom. The first-order chi connectivity index (χ1) is 4.71. The van der Waals surface area contributed by atoms with Gasteiger partial charge in [-0.1, -0.05) is 13.8 Å². The molecule has 0 spiro atoms. The Balaban J connectivity index is 2.18. The zero-order valence-corrected chi connectivity index (χ0v) is 7.06. The molecule has 0 aromatic rings. The fourth-order valence-electron chi connectivity index (χ4n) is 2.54. The lowest BCUT2D eigenvalue weighted by Crippen LogP contribution is -2.32. The summed E-state index contributed by atoms with van der Waals surface area (Å²) in [5, 5.41) is 0. The van der Waals surface area contributed by atoms with Crippen LogP contribution in [0.2, 0.25) is 0 Å². The molecule has 2 saturated heterocycles. The SMILES string of the molecule is CC1CN2CCC[C@@]1(C)C2. The van der Waals surface area contributed by atoms with Gasteiger partial charge in [0.05, 0.1) is 0 Å². The third-order valence-electron chi connectivity index (χ3n) is 3.53. The van der Waals surface area contributed by atoms with Gasteiger partial charge in [0.1, 0.15) is 0 Å². The van der Waals surface area contributed by atoms with E-state index in [0.717, 1.165) is 5.92 Å². The molecule has 10 heavy (non-hydrogen) atoms. The van der Waals surface area contributed by atoms with Gasteiger partial charge in [-0.15, -0.1) is 0 Å². The van der Waals surface area contributed by atoms with E-state index in [2.05, 4.69) is 18.7 Å². The normalized spacial score (nSPS) is 53.4. The van der Waals surface area contributed by atoms with Gasteiger partial charge >= 0.3 is 0 Å². The Bertz CT molecular complexity index is 144. The topological polar surface area (TPSA) is 3.24 Å². The summed E-state index contributed by atoms with van der Waals surface area (Å²) >= 11 is 0. The minimum atomic E-state index is 0.679. The largest absolute Gasteiger partial charge is 0.302 e. The first-order valence-electron chi connectivity index (χ1n) is 4.43.